The number of anilines is 1. The molecule has 1 aliphatic carbocycles. The molecular weight excluding hydrogens is 516 g/mol. The number of piperazine rings is 1. The van der Waals surface area contributed by atoms with E-state index in [1.165, 1.54) is 12.8 Å². The summed E-state index contributed by atoms with van der Waals surface area (Å²) in [4.78, 5) is 17.1. The fourth-order valence-corrected chi connectivity index (χ4v) is 5.93. The third-order valence-electron chi connectivity index (χ3n) is 7.99. The molecule has 39 heavy (non-hydrogen) atoms. The number of carbonyl (C=O) groups is 1. The van der Waals surface area contributed by atoms with Crippen molar-refractivity contribution >= 4 is 34.2 Å². The Bertz CT molecular complexity index is 1510. The second kappa shape index (κ2) is 10.6. The second-order valence-corrected chi connectivity index (χ2v) is 10.8. The minimum absolute atomic E-state index is 0.309. The Morgan fingerprint density at radius 1 is 1.13 bits per heavy atom. The van der Waals surface area contributed by atoms with Crippen molar-refractivity contribution in [3.63, 3.8) is 0 Å². The lowest BCUT2D eigenvalue weighted by molar-refractivity contribution is 0.0602. The molecule has 9 heteroatoms. The summed E-state index contributed by atoms with van der Waals surface area (Å²) in [6, 6.07) is 12.0. The first-order chi connectivity index (χ1) is 19.0. The average molecular weight is 549 g/mol. The number of benzene rings is 2. The van der Waals surface area contributed by atoms with Crippen LogP contribution in [0.4, 0.5) is 5.69 Å². The zero-order chi connectivity index (χ0) is 27.1. The van der Waals surface area contributed by atoms with E-state index in [9.17, 15) is 4.79 Å². The van der Waals surface area contributed by atoms with E-state index >= 15 is 0 Å². The summed E-state index contributed by atoms with van der Waals surface area (Å²) in [7, 11) is 5.03. The fourth-order valence-electron chi connectivity index (χ4n) is 5.67. The smallest absolute Gasteiger partial charge is 0.340 e. The van der Waals surface area contributed by atoms with Crippen molar-refractivity contribution in [2.45, 2.75) is 25.2 Å². The van der Waals surface area contributed by atoms with Gasteiger partial charge in [-0.05, 0) is 49.6 Å². The van der Waals surface area contributed by atoms with Crippen molar-refractivity contribution in [2.24, 2.45) is 7.05 Å². The van der Waals surface area contributed by atoms with Crippen LogP contribution < -0.4 is 9.64 Å². The van der Waals surface area contributed by atoms with Crippen molar-refractivity contribution in [2.75, 3.05) is 51.8 Å². The first-order valence-corrected chi connectivity index (χ1v) is 13.8. The lowest BCUT2D eigenvalue weighted by Gasteiger charge is -2.36. The summed E-state index contributed by atoms with van der Waals surface area (Å²) in [5.74, 6) is 1.86. The summed E-state index contributed by atoms with van der Waals surface area (Å²) < 4.78 is 18.4. The zero-order valence-electron chi connectivity index (χ0n) is 22.6. The number of fused-ring (bicyclic) bond motifs is 1. The van der Waals surface area contributed by atoms with Gasteiger partial charge in [-0.1, -0.05) is 22.8 Å². The van der Waals surface area contributed by atoms with Crippen molar-refractivity contribution in [1.29, 1.82) is 0 Å². The quantitative estimate of drug-likeness (QED) is 0.268. The highest BCUT2D eigenvalue weighted by Gasteiger charge is 2.34. The molecule has 2 fully saturated rings. The lowest BCUT2D eigenvalue weighted by atomic mass is 10.0. The van der Waals surface area contributed by atoms with Crippen LogP contribution >= 0.6 is 11.6 Å². The maximum Gasteiger partial charge on any atom is 0.340 e. The van der Waals surface area contributed by atoms with Crippen LogP contribution in [0.25, 0.3) is 22.2 Å². The van der Waals surface area contributed by atoms with Crippen LogP contribution in [0.5, 0.6) is 5.75 Å². The maximum absolute atomic E-state index is 12.1. The molecule has 0 unspecified atom stereocenters. The molecule has 0 spiro atoms. The molecule has 2 aliphatic rings. The van der Waals surface area contributed by atoms with E-state index in [4.69, 9.17) is 25.6 Å². The molecular formula is C30H33ClN4O4. The van der Waals surface area contributed by atoms with Gasteiger partial charge in [-0.25, -0.2) is 4.79 Å². The highest BCUT2D eigenvalue weighted by molar-refractivity contribution is 6.33. The molecule has 0 bridgehead atoms. The average Bonchev–Trinajstić information content (AvgIpc) is 3.64. The molecule has 0 atom stereocenters. The fraction of sp³-hybridized carbons (Fsp3) is 0.400. The van der Waals surface area contributed by atoms with Gasteiger partial charge in [0.1, 0.15) is 17.2 Å². The Hall–Kier alpha value is -3.49. The van der Waals surface area contributed by atoms with Crippen LogP contribution in [0.15, 0.2) is 47.1 Å². The number of rotatable bonds is 8. The molecule has 0 amide bonds. The van der Waals surface area contributed by atoms with Crippen molar-refractivity contribution in [3.8, 4) is 17.0 Å². The standard InChI is InChI=1S/C30H33ClN4O4/c1-33-18-23(30(36)38-3)21-10-9-20(17-25(21)33)35-15-13-34(14-16-35)12-11-22-28(32-39-29(22)19-7-8-19)27-24(31)5-4-6-26(27)37-2/h4-6,9-10,17-19H,7-8,11-16H2,1-3H3. The number of carbonyl (C=O) groups excluding carboxylic acids is 1. The summed E-state index contributed by atoms with van der Waals surface area (Å²) in [5.41, 5.74) is 5.56. The first-order valence-electron chi connectivity index (χ1n) is 13.4. The predicted octanol–water partition coefficient (Wildman–Crippen LogP) is 5.52. The van der Waals surface area contributed by atoms with Crippen LogP contribution in [0.2, 0.25) is 5.02 Å². The molecule has 6 rings (SSSR count). The molecule has 1 aliphatic heterocycles. The van der Waals surface area contributed by atoms with Gasteiger partial charge in [0.25, 0.3) is 0 Å². The number of hydrogen-bond acceptors (Lipinski definition) is 7. The second-order valence-electron chi connectivity index (χ2n) is 10.4. The normalized spacial score (nSPS) is 16.2. The van der Waals surface area contributed by atoms with Gasteiger partial charge in [-0.3, -0.25) is 4.90 Å². The van der Waals surface area contributed by atoms with Gasteiger partial charge in [0, 0.05) is 68.5 Å². The van der Waals surface area contributed by atoms with Crippen LogP contribution in [0, 0.1) is 0 Å². The molecule has 8 nitrogen and oxygen atoms in total. The van der Waals surface area contributed by atoms with E-state index < -0.39 is 0 Å². The zero-order valence-corrected chi connectivity index (χ0v) is 23.3. The molecule has 1 saturated carbocycles. The van der Waals surface area contributed by atoms with Gasteiger partial charge < -0.3 is 23.5 Å². The maximum atomic E-state index is 12.1. The van der Waals surface area contributed by atoms with Gasteiger partial charge >= 0.3 is 5.97 Å². The van der Waals surface area contributed by atoms with Crippen LogP contribution in [0.1, 0.15) is 40.4 Å². The van der Waals surface area contributed by atoms with Crippen LogP contribution in [0.3, 0.4) is 0 Å². The number of hydrogen-bond donors (Lipinski definition) is 0. The number of aromatic nitrogens is 2. The molecule has 4 aromatic rings. The Labute approximate surface area is 233 Å². The van der Waals surface area contributed by atoms with Gasteiger partial charge in [0.15, 0.2) is 0 Å². The Kier molecular flexibility index (Phi) is 6.99. The highest BCUT2D eigenvalue weighted by atomic mass is 35.5. The summed E-state index contributed by atoms with van der Waals surface area (Å²) in [6.45, 7) is 4.73. The van der Waals surface area contributed by atoms with E-state index in [1.807, 2.05) is 42.1 Å². The van der Waals surface area contributed by atoms with Gasteiger partial charge in [0.05, 0.1) is 35.9 Å². The van der Waals surface area contributed by atoms with E-state index in [2.05, 4.69) is 27.1 Å². The van der Waals surface area contributed by atoms with E-state index in [1.54, 1.807) is 7.11 Å². The minimum Gasteiger partial charge on any atom is -0.496 e. The molecule has 204 valence electrons. The van der Waals surface area contributed by atoms with Crippen LogP contribution in [-0.4, -0.2) is 67.5 Å². The number of methoxy groups -OCH3 is 2. The van der Waals surface area contributed by atoms with Gasteiger partial charge in [0.2, 0.25) is 0 Å². The Morgan fingerprint density at radius 3 is 2.64 bits per heavy atom. The number of esters is 1. The molecule has 1 saturated heterocycles. The Balaban J connectivity index is 1.15. The molecule has 2 aromatic heterocycles. The molecule has 2 aromatic carbocycles. The van der Waals surface area contributed by atoms with Crippen molar-refractivity contribution < 1.29 is 18.8 Å². The summed E-state index contributed by atoms with van der Waals surface area (Å²) >= 11 is 6.61. The largest absolute Gasteiger partial charge is 0.496 e. The van der Waals surface area contributed by atoms with Crippen molar-refractivity contribution in [3.05, 3.63) is 64.5 Å². The topological polar surface area (TPSA) is 73.0 Å². The summed E-state index contributed by atoms with van der Waals surface area (Å²) in [6.07, 6.45) is 4.98. The molecule has 0 N–H and O–H groups in total. The third kappa shape index (κ3) is 4.87. The summed E-state index contributed by atoms with van der Waals surface area (Å²) in [5, 5.41) is 6.02. The first kappa shape index (κ1) is 25.8. The molecule has 3 heterocycles. The predicted molar refractivity (Wildman–Crippen MR) is 152 cm³/mol. The van der Waals surface area contributed by atoms with Crippen molar-refractivity contribution in [1.82, 2.24) is 14.6 Å². The number of halogens is 1. The van der Waals surface area contributed by atoms with Gasteiger partial charge in [-0.15, -0.1) is 0 Å². The Morgan fingerprint density at radius 2 is 1.92 bits per heavy atom. The van der Waals surface area contributed by atoms with E-state index in [0.29, 0.717) is 22.3 Å². The highest BCUT2D eigenvalue weighted by Crippen LogP contribution is 2.46. The van der Waals surface area contributed by atoms with E-state index in [0.717, 1.165) is 85.5 Å². The van der Waals surface area contributed by atoms with Crippen LogP contribution in [-0.2, 0) is 18.2 Å². The lowest BCUT2D eigenvalue weighted by Crippen LogP contribution is -2.47. The number of ether oxygens (including phenoxy) is 2. The monoisotopic (exact) mass is 548 g/mol. The van der Waals surface area contributed by atoms with E-state index in [-0.39, 0.29) is 5.97 Å². The number of nitrogens with zero attached hydrogens (tertiary/aromatic N) is 4. The minimum atomic E-state index is -0.309. The van der Waals surface area contributed by atoms with Gasteiger partial charge in [-0.2, -0.15) is 0 Å². The third-order valence-corrected chi connectivity index (χ3v) is 8.31. The SMILES string of the molecule is COC(=O)c1cn(C)c2cc(N3CCN(CCc4c(-c5c(Cl)cccc5OC)noc4C4CC4)CC3)ccc12. The number of aryl methyl sites for hydroxylation is 1. The molecule has 0 radical (unpaired) electrons.